The third-order valence-electron chi connectivity index (χ3n) is 6.39. The maximum atomic E-state index is 5.44. The number of methoxy groups -OCH3 is 1. The average molecular weight is 325 g/mol. The second-order valence-electron chi connectivity index (χ2n) is 7.84. The van der Waals surface area contributed by atoms with Gasteiger partial charge in [-0.1, -0.05) is 18.1 Å². The Bertz CT molecular complexity index is 802. The maximum Gasteiger partial charge on any atom is 0.130 e. The number of allylic oxidation sites excluding steroid dienone is 2. The summed E-state index contributed by atoms with van der Waals surface area (Å²) >= 11 is 0. The summed E-state index contributed by atoms with van der Waals surface area (Å²) in [4.78, 5) is 3.76. The Labute approximate surface area is 144 Å². The summed E-state index contributed by atoms with van der Waals surface area (Å²) in [6, 6.07) is 6.99. The number of H-pyrrole nitrogens is 1. The number of nitrogens with one attached hydrogen (secondary N) is 1. The smallest absolute Gasteiger partial charge is 0.130 e. The van der Waals surface area contributed by atoms with Crippen LogP contribution in [0.2, 0.25) is 0 Å². The first-order chi connectivity index (χ1) is 11.6. The lowest BCUT2D eigenvalue weighted by Crippen LogP contribution is -2.88. The van der Waals surface area contributed by atoms with Gasteiger partial charge in [-0.25, -0.2) is 0 Å². The van der Waals surface area contributed by atoms with Crippen molar-refractivity contribution in [1.82, 2.24) is 4.98 Å². The summed E-state index contributed by atoms with van der Waals surface area (Å²) in [5.74, 6) is 2.43. The van der Waals surface area contributed by atoms with E-state index in [9.17, 15) is 0 Å². The number of benzene rings is 1. The highest BCUT2D eigenvalue weighted by Crippen LogP contribution is 2.42. The first-order valence-corrected chi connectivity index (χ1v) is 9.25. The van der Waals surface area contributed by atoms with Crippen LogP contribution in [-0.2, 0) is 6.42 Å². The van der Waals surface area contributed by atoms with Crippen LogP contribution in [0.1, 0.15) is 50.9 Å². The van der Waals surface area contributed by atoms with Gasteiger partial charge in [-0.05, 0) is 56.4 Å². The number of hydrogen-bond acceptors (Lipinski definition) is 1. The van der Waals surface area contributed by atoms with Crippen LogP contribution in [0.3, 0.4) is 0 Å². The third-order valence-corrected chi connectivity index (χ3v) is 6.39. The van der Waals surface area contributed by atoms with E-state index in [-0.39, 0.29) is 0 Å². The summed E-state index contributed by atoms with van der Waals surface area (Å²) < 4.78 is 5.44. The van der Waals surface area contributed by atoms with Crippen molar-refractivity contribution in [2.24, 2.45) is 11.8 Å². The van der Waals surface area contributed by atoms with Crippen molar-refractivity contribution < 1.29 is 10.1 Å². The zero-order chi connectivity index (χ0) is 16.8. The fourth-order valence-electron chi connectivity index (χ4n) is 4.86. The average Bonchev–Trinajstić information content (AvgIpc) is 2.96. The van der Waals surface area contributed by atoms with Gasteiger partial charge in [0.05, 0.1) is 19.3 Å². The van der Waals surface area contributed by atoms with Crippen molar-refractivity contribution in [3.05, 3.63) is 40.6 Å². The molecule has 2 aliphatic rings. The number of fused-ring (bicyclic) bond motifs is 3. The van der Waals surface area contributed by atoms with Crippen molar-refractivity contribution in [3.8, 4) is 5.75 Å². The Kier molecular flexibility index (Phi) is 3.92. The normalized spacial score (nSPS) is 27.4. The van der Waals surface area contributed by atoms with Gasteiger partial charge in [0, 0.05) is 23.2 Å². The molecular weight excluding hydrogens is 296 g/mol. The molecule has 1 aromatic heterocycles. The van der Waals surface area contributed by atoms with E-state index < -0.39 is 0 Å². The first kappa shape index (κ1) is 15.8. The molecular formula is C21H29N2O+. The molecule has 0 saturated heterocycles. The van der Waals surface area contributed by atoms with Crippen molar-refractivity contribution in [2.75, 3.05) is 13.7 Å². The third kappa shape index (κ3) is 2.46. The van der Waals surface area contributed by atoms with E-state index >= 15 is 0 Å². The van der Waals surface area contributed by atoms with E-state index in [1.807, 2.05) is 0 Å². The molecule has 24 heavy (non-hydrogen) atoms. The van der Waals surface area contributed by atoms with Crippen molar-refractivity contribution in [3.63, 3.8) is 0 Å². The molecule has 0 saturated carbocycles. The van der Waals surface area contributed by atoms with E-state index in [1.54, 1.807) is 18.3 Å². The first-order valence-electron chi connectivity index (χ1n) is 9.25. The molecule has 1 aliphatic carbocycles. The number of rotatable bonds is 2. The van der Waals surface area contributed by atoms with Gasteiger partial charge in [-0.2, -0.15) is 0 Å². The van der Waals surface area contributed by atoms with Crippen molar-refractivity contribution in [2.45, 2.75) is 46.1 Å². The Morgan fingerprint density at radius 1 is 1.17 bits per heavy atom. The Morgan fingerprint density at radius 2 is 1.96 bits per heavy atom. The van der Waals surface area contributed by atoms with E-state index in [2.05, 4.69) is 49.3 Å². The van der Waals surface area contributed by atoms with Crippen LogP contribution in [0.5, 0.6) is 5.75 Å². The topological polar surface area (TPSA) is 41.6 Å². The molecule has 0 radical (unpaired) electrons. The monoisotopic (exact) mass is 325 g/mol. The second kappa shape index (κ2) is 5.96. The molecule has 0 unspecified atom stereocenters. The molecule has 2 heterocycles. The summed E-state index contributed by atoms with van der Waals surface area (Å²) in [6.07, 6.45) is 3.64. The maximum absolute atomic E-state index is 5.44. The summed E-state index contributed by atoms with van der Waals surface area (Å²) in [5, 5.41) is 3.93. The van der Waals surface area contributed by atoms with Gasteiger partial charge in [0.25, 0.3) is 0 Å². The Hall–Kier alpha value is -1.74. The van der Waals surface area contributed by atoms with Crippen LogP contribution < -0.4 is 10.1 Å². The molecule has 0 fully saturated rings. The van der Waals surface area contributed by atoms with Crippen LogP contribution in [0.25, 0.3) is 10.9 Å². The second-order valence-corrected chi connectivity index (χ2v) is 7.84. The highest BCUT2D eigenvalue weighted by molar-refractivity contribution is 5.86. The van der Waals surface area contributed by atoms with Crippen LogP contribution in [0.15, 0.2) is 29.3 Å². The molecule has 3 nitrogen and oxygen atoms in total. The summed E-state index contributed by atoms with van der Waals surface area (Å²) in [7, 11) is 1.75. The van der Waals surface area contributed by atoms with E-state index in [4.69, 9.17) is 4.74 Å². The fourth-order valence-corrected chi connectivity index (χ4v) is 4.86. The quantitative estimate of drug-likeness (QED) is 0.812. The predicted molar refractivity (Wildman–Crippen MR) is 98.4 cm³/mol. The molecule has 0 bridgehead atoms. The molecule has 2 aromatic rings. The molecule has 3 heteroatoms. The minimum absolute atomic E-state index is 0.560. The lowest BCUT2D eigenvalue weighted by atomic mass is 9.72. The van der Waals surface area contributed by atoms with Crippen LogP contribution in [0.4, 0.5) is 0 Å². The number of hydrogen-bond donors (Lipinski definition) is 2. The van der Waals surface area contributed by atoms with E-state index in [0.29, 0.717) is 6.04 Å². The molecule has 3 N–H and O–H groups in total. The lowest BCUT2D eigenvalue weighted by molar-refractivity contribution is -0.707. The minimum atomic E-state index is 0.560. The Balaban J connectivity index is 1.76. The number of quaternary nitrogens is 1. The molecule has 128 valence electrons. The van der Waals surface area contributed by atoms with Gasteiger partial charge in [0.15, 0.2) is 0 Å². The molecule has 1 aliphatic heterocycles. The highest BCUT2D eigenvalue weighted by atomic mass is 16.5. The van der Waals surface area contributed by atoms with Gasteiger partial charge >= 0.3 is 0 Å². The zero-order valence-corrected chi connectivity index (χ0v) is 15.3. The van der Waals surface area contributed by atoms with Crippen LogP contribution in [0, 0.1) is 11.8 Å². The van der Waals surface area contributed by atoms with Crippen LogP contribution in [-0.4, -0.2) is 18.6 Å². The largest absolute Gasteiger partial charge is 0.497 e. The molecule has 1 aromatic carbocycles. The molecule has 3 atom stereocenters. The van der Waals surface area contributed by atoms with E-state index in [0.717, 1.165) is 24.0 Å². The highest BCUT2D eigenvalue weighted by Gasteiger charge is 2.38. The standard InChI is InChI=1S/C21H28N2O/c1-12-9-14(3)17(10-13(12)2)20-21-16(7-8-22-20)18-11-15(24-4)5-6-19(18)23-21/h5-6,11,14,17,20,22-23H,7-10H2,1-4H3/p+1/t14-,17-,20+/m0/s1. The minimum Gasteiger partial charge on any atom is -0.497 e. The number of ether oxygens (including phenoxy) is 1. The number of nitrogens with two attached hydrogens (primary N) is 1. The van der Waals surface area contributed by atoms with Gasteiger partial charge in [0.2, 0.25) is 0 Å². The van der Waals surface area contributed by atoms with Gasteiger partial charge in [0.1, 0.15) is 11.8 Å². The fraction of sp³-hybridized carbons (Fsp3) is 0.524. The van der Waals surface area contributed by atoms with Gasteiger partial charge in [-0.3, -0.25) is 0 Å². The summed E-state index contributed by atoms with van der Waals surface area (Å²) in [5.41, 5.74) is 7.46. The molecule has 0 spiro atoms. The Morgan fingerprint density at radius 3 is 2.75 bits per heavy atom. The summed E-state index contributed by atoms with van der Waals surface area (Å²) in [6.45, 7) is 8.27. The van der Waals surface area contributed by atoms with Crippen molar-refractivity contribution in [1.29, 1.82) is 0 Å². The van der Waals surface area contributed by atoms with Crippen molar-refractivity contribution >= 4 is 10.9 Å². The molecule has 4 rings (SSSR count). The van der Waals surface area contributed by atoms with Gasteiger partial charge < -0.3 is 15.0 Å². The van der Waals surface area contributed by atoms with E-state index in [1.165, 1.54) is 41.5 Å². The lowest BCUT2D eigenvalue weighted by Gasteiger charge is -2.36. The number of aromatic amines is 1. The predicted octanol–water partition coefficient (Wildman–Crippen LogP) is 3.72. The SMILES string of the molecule is COc1ccc2[nH]c3c(c2c1)CC[NH2+][C@@H]3[C@H]1CC(C)=C(C)C[C@@H]1C. The molecule has 0 amide bonds. The number of aromatic nitrogens is 1. The zero-order valence-electron chi connectivity index (χ0n) is 15.3. The van der Waals surface area contributed by atoms with Gasteiger partial charge in [-0.15, -0.1) is 0 Å². The van der Waals surface area contributed by atoms with Crippen LogP contribution >= 0.6 is 0 Å².